The van der Waals surface area contributed by atoms with E-state index in [1.54, 1.807) is 39.3 Å². The molecule has 1 fully saturated rings. The third-order valence-corrected chi connectivity index (χ3v) is 10.2. The first-order valence-electron chi connectivity index (χ1n) is 14.5. The number of benzene rings is 2. The second-order valence-corrected chi connectivity index (χ2v) is 13.8. The number of rotatable bonds is 10. The van der Waals surface area contributed by atoms with E-state index in [2.05, 4.69) is 66.5 Å². The molecule has 0 aliphatic carbocycles. The van der Waals surface area contributed by atoms with Crippen molar-refractivity contribution in [1.82, 2.24) is 24.8 Å². The molecule has 14 heteroatoms. The van der Waals surface area contributed by atoms with Crippen LogP contribution in [-0.2, 0) is 16.4 Å². The smallest absolute Gasteiger partial charge is 0.237 e. The van der Waals surface area contributed by atoms with E-state index in [1.807, 2.05) is 0 Å². The molecule has 0 bridgehead atoms. The molecule has 2 N–H and O–H groups in total. The Morgan fingerprint density at radius 3 is 2.45 bits per heavy atom. The summed E-state index contributed by atoms with van der Waals surface area (Å²) in [6.45, 7) is 9.30. The number of aromatic nitrogens is 4. The van der Waals surface area contributed by atoms with Gasteiger partial charge in [-0.25, -0.2) is 13.4 Å². The summed E-state index contributed by atoms with van der Waals surface area (Å²) in [5.74, 6) is 1.24. The molecule has 12 nitrogen and oxygen atoms in total. The number of fused-ring (bicyclic) bond motifs is 1. The predicted octanol–water partition coefficient (Wildman–Crippen LogP) is 5.06. The summed E-state index contributed by atoms with van der Waals surface area (Å²) in [4.78, 5) is 22.6. The lowest BCUT2D eigenvalue weighted by Crippen LogP contribution is -2.44. The molecule has 3 heterocycles. The van der Waals surface area contributed by atoms with Crippen LogP contribution in [0.15, 0.2) is 42.9 Å². The van der Waals surface area contributed by atoms with Gasteiger partial charge in [0, 0.05) is 57.4 Å². The van der Waals surface area contributed by atoms with Crippen molar-refractivity contribution >= 4 is 67.2 Å². The fraction of sp³-hybridized carbons (Fsp3) is 0.400. The molecule has 1 saturated heterocycles. The lowest BCUT2D eigenvalue weighted by atomic mass is 10.1. The minimum Gasteiger partial charge on any atom is -0.494 e. The Hall–Kier alpha value is -3.94. The number of nitrogens with zero attached hydrogens (tertiary/aromatic N) is 7. The summed E-state index contributed by atoms with van der Waals surface area (Å²) < 4.78 is 33.5. The van der Waals surface area contributed by atoms with Crippen LogP contribution in [0.3, 0.4) is 0 Å². The molecule has 0 unspecified atom stereocenters. The molecular formula is C30H38ClN9O3S. The highest BCUT2D eigenvalue weighted by Gasteiger charge is 2.28. The van der Waals surface area contributed by atoms with Gasteiger partial charge in [0.25, 0.3) is 0 Å². The van der Waals surface area contributed by atoms with E-state index >= 15 is 0 Å². The third kappa shape index (κ3) is 6.30. The minimum absolute atomic E-state index is 0.252. The molecule has 234 valence electrons. The number of hydrogen-bond donors (Lipinski definition) is 2. The van der Waals surface area contributed by atoms with E-state index in [9.17, 15) is 8.42 Å². The maximum Gasteiger partial charge on any atom is 0.237 e. The fourth-order valence-electron chi connectivity index (χ4n) is 5.15. The highest BCUT2D eigenvalue weighted by atomic mass is 35.5. The number of anilines is 6. The van der Waals surface area contributed by atoms with Crippen molar-refractivity contribution in [1.29, 1.82) is 0 Å². The van der Waals surface area contributed by atoms with Crippen molar-refractivity contribution in [2.75, 3.05) is 67.2 Å². The van der Waals surface area contributed by atoms with Crippen molar-refractivity contribution in [2.45, 2.75) is 32.4 Å². The first-order valence-corrected chi connectivity index (χ1v) is 16.3. The topological polar surface area (TPSA) is 129 Å². The molecule has 0 atom stereocenters. The van der Waals surface area contributed by atoms with E-state index in [4.69, 9.17) is 16.3 Å². The molecule has 2 aromatic heterocycles. The van der Waals surface area contributed by atoms with Crippen LogP contribution in [0.4, 0.5) is 34.5 Å². The van der Waals surface area contributed by atoms with Gasteiger partial charge in [0.2, 0.25) is 16.0 Å². The molecule has 4 aromatic rings. The Morgan fingerprint density at radius 1 is 1.05 bits per heavy atom. The van der Waals surface area contributed by atoms with Gasteiger partial charge < -0.3 is 25.2 Å². The number of sulfonamides is 1. The summed E-state index contributed by atoms with van der Waals surface area (Å²) in [5.41, 5.74) is 4.82. The van der Waals surface area contributed by atoms with Crippen LogP contribution in [0.1, 0.15) is 26.3 Å². The van der Waals surface area contributed by atoms with Crippen LogP contribution >= 0.6 is 11.6 Å². The maximum atomic E-state index is 13.2. The largest absolute Gasteiger partial charge is 0.494 e. The lowest BCUT2D eigenvalue weighted by Gasteiger charge is -2.35. The number of likely N-dealkylation sites (N-methyl/N-ethyl adjacent to an activating group) is 1. The van der Waals surface area contributed by atoms with Crippen molar-refractivity contribution in [2.24, 2.45) is 0 Å². The van der Waals surface area contributed by atoms with Crippen LogP contribution in [0, 0.1) is 0 Å². The normalized spacial score (nSPS) is 14.2. The number of aryl methyl sites for hydroxylation is 1. The molecule has 0 spiro atoms. The number of nitrogens with one attached hydrogen (secondary N) is 2. The van der Waals surface area contributed by atoms with E-state index in [-0.39, 0.29) is 16.8 Å². The zero-order valence-electron chi connectivity index (χ0n) is 25.8. The number of piperazine rings is 1. The summed E-state index contributed by atoms with van der Waals surface area (Å²) in [6.07, 6.45) is 5.42. The second kappa shape index (κ2) is 13.0. The van der Waals surface area contributed by atoms with Gasteiger partial charge in [0.05, 0.1) is 35.4 Å². The van der Waals surface area contributed by atoms with Gasteiger partial charge in [0.1, 0.15) is 22.0 Å². The molecule has 1 aliphatic rings. The van der Waals surface area contributed by atoms with Gasteiger partial charge in [-0.3, -0.25) is 14.3 Å². The zero-order valence-corrected chi connectivity index (χ0v) is 27.4. The van der Waals surface area contributed by atoms with Gasteiger partial charge in [-0.15, -0.1) is 0 Å². The highest BCUT2D eigenvalue weighted by molar-refractivity contribution is 7.93. The van der Waals surface area contributed by atoms with Crippen LogP contribution in [0.2, 0.25) is 5.02 Å². The molecule has 44 heavy (non-hydrogen) atoms. The number of halogens is 1. The Kier molecular flexibility index (Phi) is 9.28. The van der Waals surface area contributed by atoms with Crippen molar-refractivity contribution in [3.63, 3.8) is 0 Å². The summed E-state index contributed by atoms with van der Waals surface area (Å²) in [5, 5.41) is 6.11. The van der Waals surface area contributed by atoms with Crippen molar-refractivity contribution in [3.05, 3.63) is 53.4 Å². The zero-order chi connectivity index (χ0) is 31.6. The van der Waals surface area contributed by atoms with E-state index < -0.39 is 15.3 Å². The second-order valence-electron chi connectivity index (χ2n) is 10.9. The van der Waals surface area contributed by atoms with Gasteiger partial charge in [-0.05, 0) is 51.1 Å². The molecule has 1 aliphatic heterocycles. The van der Waals surface area contributed by atoms with Crippen LogP contribution < -0.4 is 24.6 Å². The first-order chi connectivity index (χ1) is 21.0. The predicted molar refractivity (Wildman–Crippen MR) is 178 cm³/mol. The van der Waals surface area contributed by atoms with Gasteiger partial charge in [-0.2, -0.15) is 4.98 Å². The molecule has 0 amide bonds. The maximum absolute atomic E-state index is 13.2. The van der Waals surface area contributed by atoms with Crippen LogP contribution in [0.25, 0.3) is 11.0 Å². The quantitative estimate of drug-likeness (QED) is 0.242. The highest BCUT2D eigenvalue weighted by Crippen LogP contribution is 2.39. The van der Waals surface area contributed by atoms with Crippen molar-refractivity contribution < 1.29 is 13.2 Å². The Labute approximate surface area is 263 Å². The standard InChI is InChI=1S/C30H38ClN9O3S/c1-7-20-16-24(26(43-6)17-25(20)40-14-12-38(4)13-15-40)36-30-34-18-21(31)29(37-30)35-23-9-8-22-27(33-11-10-32-22)28(23)39(5)44(41,42)19(2)3/h8-11,16-19H,7,12-15H2,1-6H3,(H2,34,35,36,37). The van der Waals surface area contributed by atoms with E-state index in [1.165, 1.54) is 29.3 Å². The Morgan fingerprint density at radius 2 is 1.77 bits per heavy atom. The first kappa shape index (κ1) is 31.5. The Bertz CT molecular complexity index is 1760. The minimum atomic E-state index is -3.70. The molecule has 5 rings (SSSR count). The SMILES string of the molecule is CCc1cc(Nc2ncc(Cl)c(Nc3ccc4nccnc4c3N(C)S(=O)(=O)C(C)C)n2)c(OC)cc1N1CCN(C)CC1. The number of hydrogen-bond acceptors (Lipinski definition) is 11. The number of ether oxygens (including phenoxy) is 1. The van der Waals surface area contributed by atoms with E-state index in [0.29, 0.717) is 28.2 Å². The molecule has 0 radical (unpaired) electrons. The monoisotopic (exact) mass is 639 g/mol. The summed E-state index contributed by atoms with van der Waals surface area (Å²) >= 11 is 6.55. The van der Waals surface area contributed by atoms with Crippen molar-refractivity contribution in [3.8, 4) is 5.75 Å². The molecule has 2 aromatic carbocycles. The lowest BCUT2D eigenvalue weighted by molar-refractivity contribution is 0.312. The van der Waals surface area contributed by atoms with E-state index in [0.717, 1.165) is 44.0 Å². The van der Waals surface area contributed by atoms with Crippen LogP contribution in [0.5, 0.6) is 5.75 Å². The average Bonchev–Trinajstić information content (AvgIpc) is 3.02. The van der Waals surface area contributed by atoms with Gasteiger partial charge in [-0.1, -0.05) is 18.5 Å². The van der Waals surface area contributed by atoms with Crippen LogP contribution in [-0.4, -0.2) is 85.9 Å². The average molecular weight is 640 g/mol. The molecular weight excluding hydrogens is 602 g/mol. The summed E-state index contributed by atoms with van der Waals surface area (Å²) in [7, 11) is 1.59. The summed E-state index contributed by atoms with van der Waals surface area (Å²) in [6, 6.07) is 7.63. The van der Waals surface area contributed by atoms with Gasteiger partial charge in [0.15, 0.2) is 5.82 Å². The fourth-order valence-corrected chi connectivity index (χ4v) is 6.36. The molecule has 0 saturated carbocycles. The van der Waals surface area contributed by atoms with Gasteiger partial charge >= 0.3 is 0 Å². The third-order valence-electron chi connectivity index (χ3n) is 7.78. The number of methoxy groups -OCH3 is 1. The Balaban J connectivity index is 1.50.